The van der Waals surface area contributed by atoms with E-state index >= 15 is 0 Å². The Hall–Kier alpha value is -1.96. The molecular formula is C20H24F3NO3S. The molecule has 1 aromatic carbocycles. The predicted octanol–water partition coefficient (Wildman–Crippen LogP) is 5.25. The molecule has 1 heterocycles. The third kappa shape index (κ3) is 5.10. The summed E-state index contributed by atoms with van der Waals surface area (Å²) < 4.78 is 44.7. The molecule has 1 aromatic rings. The first-order valence-corrected chi connectivity index (χ1v) is 10.0. The number of hydrogen-bond donors (Lipinski definition) is 0. The fourth-order valence-corrected chi connectivity index (χ4v) is 4.14. The number of ether oxygens (including phenoxy) is 1. The van der Waals surface area contributed by atoms with E-state index in [2.05, 4.69) is 13.8 Å². The standard InChI is InChI=1S/C20H24F3NO3S/c1-12(2)11-13(3)15-7-5-6-8-16(15)24(14(4)25)19(26)17-18(20(21,22)23)27-9-10-28-17/h5-8,12-13H,9-11H2,1-4H3. The van der Waals surface area contributed by atoms with Gasteiger partial charge in [-0.25, -0.2) is 4.90 Å². The summed E-state index contributed by atoms with van der Waals surface area (Å²) in [5, 5.41) is 0. The summed E-state index contributed by atoms with van der Waals surface area (Å²) in [7, 11) is 0. The number of hydrogen-bond acceptors (Lipinski definition) is 4. The lowest BCUT2D eigenvalue weighted by molar-refractivity contribution is -0.135. The molecule has 0 saturated carbocycles. The minimum absolute atomic E-state index is 0.0252. The van der Waals surface area contributed by atoms with Gasteiger partial charge in [0.05, 0.1) is 12.3 Å². The highest BCUT2D eigenvalue weighted by Gasteiger charge is 2.44. The van der Waals surface area contributed by atoms with Gasteiger partial charge in [-0.05, 0) is 29.9 Å². The molecule has 1 aliphatic heterocycles. The van der Waals surface area contributed by atoms with Gasteiger partial charge in [-0.1, -0.05) is 39.0 Å². The third-order valence-electron chi connectivity index (χ3n) is 4.29. The molecule has 0 saturated heterocycles. The van der Waals surface area contributed by atoms with Crippen molar-refractivity contribution in [3.05, 3.63) is 40.5 Å². The molecule has 8 heteroatoms. The summed E-state index contributed by atoms with van der Waals surface area (Å²) in [5.41, 5.74) is 1.06. The van der Waals surface area contributed by atoms with E-state index in [1.54, 1.807) is 24.3 Å². The molecule has 0 bridgehead atoms. The molecule has 28 heavy (non-hydrogen) atoms. The molecule has 1 unspecified atom stereocenters. The van der Waals surface area contributed by atoms with Crippen molar-refractivity contribution in [1.29, 1.82) is 0 Å². The Labute approximate surface area is 167 Å². The van der Waals surface area contributed by atoms with Gasteiger partial charge in [0, 0.05) is 12.7 Å². The zero-order valence-electron chi connectivity index (χ0n) is 16.3. The lowest BCUT2D eigenvalue weighted by Crippen LogP contribution is -2.39. The highest BCUT2D eigenvalue weighted by Crippen LogP contribution is 2.39. The van der Waals surface area contributed by atoms with E-state index in [1.165, 1.54) is 6.92 Å². The summed E-state index contributed by atoms with van der Waals surface area (Å²) >= 11 is 0.763. The maximum Gasteiger partial charge on any atom is 0.450 e. The Morgan fingerprint density at radius 1 is 1.21 bits per heavy atom. The summed E-state index contributed by atoms with van der Waals surface area (Å²) in [6, 6.07) is 6.84. The van der Waals surface area contributed by atoms with E-state index in [9.17, 15) is 22.8 Å². The molecule has 2 amide bonds. The zero-order chi connectivity index (χ0) is 21.1. The third-order valence-corrected chi connectivity index (χ3v) is 5.31. The van der Waals surface area contributed by atoms with E-state index in [0.717, 1.165) is 28.6 Å². The van der Waals surface area contributed by atoms with Crippen LogP contribution in [-0.4, -0.2) is 30.4 Å². The number of carbonyl (C=O) groups excluding carboxylic acids is 2. The van der Waals surface area contributed by atoms with Crippen LogP contribution in [0.3, 0.4) is 0 Å². The van der Waals surface area contributed by atoms with Gasteiger partial charge in [0.1, 0.15) is 4.91 Å². The van der Waals surface area contributed by atoms with Crippen molar-refractivity contribution in [1.82, 2.24) is 0 Å². The number of nitrogens with zero attached hydrogens (tertiary/aromatic N) is 1. The van der Waals surface area contributed by atoms with Crippen LogP contribution in [0.25, 0.3) is 0 Å². The Kier molecular flexibility index (Phi) is 7.20. The molecule has 1 atom stereocenters. The number of rotatable bonds is 5. The Bertz CT molecular complexity index is 774. The fourth-order valence-electron chi connectivity index (χ4n) is 3.25. The van der Waals surface area contributed by atoms with E-state index in [4.69, 9.17) is 4.74 Å². The summed E-state index contributed by atoms with van der Waals surface area (Å²) in [5.74, 6) is -2.36. The van der Waals surface area contributed by atoms with Crippen molar-refractivity contribution < 1.29 is 27.5 Å². The molecule has 0 radical (unpaired) electrons. The van der Waals surface area contributed by atoms with Crippen LogP contribution in [0.2, 0.25) is 0 Å². The maximum atomic E-state index is 13.3. The van der Waals surface area contributed by atoms with Gasteiger partial charge in [-0.2, -0.15) is 13.2 Å². The first-order valence-electron chi connectivity index (χ1n) is 9.05. The number of amides is 2. The van der Waals surface area contributed by atoms with Crippen molar-refractivity contribution in [3.8, 4) is 0 Å². The SMILES string of the molecule is CC(=O)N(C(=O)C1=C(C(F)(F)F)OCCS1)c1ccccc1C(C)CC(C)C. The van der Waals surface area contributed by atoms with Gasteiger partial charge in [-0.15, -0.1) is 11.8 Å². The number of carbonyl (C=O) groups is 2. The topological polar surface area (TPSA) is 46.6 Å². The van der Waals surface area contributed by atoms with Crippen molar-refractivity contribution in [3.63, 3.8) is 0 Å². The van der Waals surface area contributed by atoms with Gasteiger partial charge in [-0.3, -0.25) is 9.59 Å². The lowest BCUT2D eigenvalue weighted by Gasteiger charge is -2.28. The van der Waals surface area contributed by atoms with Crippen LogP contribution < -0.4 is 4.90 Å². The number of imide groups is 1. The van der Waals surface area contributed by atoms with Crippen LogP contribution in [-0.2, 0) is 14.3 Å². The molecule has 1 aliphatic rings. The molecule has 0 aromatic heterocycles. The molecular weight excluding hydrogens is 391 g/mol. The van der Waals surface area contributed by atoms with Crippen LogP contribution >= 0.6 is 11.8 Å². The minimum atomic E-state index is -4.80. The normalized spacial score (nSPS) is 16.0. The Balaban J connectivity index is 2.54. The highest BCUT2D eigenvalue weighted by atomic mass is 32.2. The van der Waals surface area contributed by atoms with Gasteiger partial charge in [0.25, 0.3) is 5.91 Å². The largest absolute Gasteiger partial charge is 0.487 e. The van der Waals surface area contributed by atoms with Crippen molar-refractivity contribution >= 4 is 29.3 Å². The molecule has 2 rings (SSSR count). The van der Waals surface area contributed by atoms with Gasteiger partial charge in [0.2, 0.25) is 11.7 Å². The van der Waals surface area contributed by atoms with Gasteiger partial charge < -0.3 is 4.74 Å². The highest BCUT2D eigenvalue weighted by molar-refractivity contribution is 8.04. The number of benzene rings is 1. The summed E-state index contributed by atoms with van der Waals surface area (Å²) in [6.07, 6.45) is -3.99. The molecule has 154 valence electrons. The molecule has 0 N–H and O–H groups in total. The van der Waals surface area contributed by atoms with E-state index in [0.29, 0.717) is 11.6 Å². The first kappa shape index (κ1) is 22.3. The van der Waals surface area contributed by atoms with Crippen molar-refractivity contribution in [2.45, 2.75) is 46.2 Å². The number of halogens is 3. The molecule has 4 nitrogen and oxygen atoms in total. The fraction of sp³-hybridized carbons (Fsp3) is 0.500. The summed E-state index contributed by atoms with van der Waals surface area (Å²) in [4.78, 5) is 25.6. The van der Waals surface area contributed by atoms with Crippen molar-refractivity contribution in [2.24, 2.45) is 5.92 Å². The second-order valence-electron chi connectivity index (χ2n) is 7.10. The second-order valence-corrected chi connectivity index (χ2v) is 8.21. The number of alkyl halides is 3. The Morgan fingerprint density at radius 2 is 1.86 bits per heavy atom. The quantitative estimate of drug-likeness (QED) is 0.659. The smallest absolute Gasteiger partial charge is 0.450 e. The molecule has 0 aliphatic carbocycles. The van der Waals surface area contributed by atoms with Gasteiger partial charge >= 0.3 is 6.18 Å². The van der Waals surface area contributed by atoms with Crippen LogP contribution in [0.5, 0.6) is 0 Å². The van der Waals surface area contributed by atoms with Crippen molar-refractivity contribution in [2.75, 3.05) is 17.3 Å². The lowest BCUT2D eigenvalue weighted by atomic mass is 9.90. The Morgan fingerprint density at radius 3 is 2.43 bits per heavy atom. The van der Waals surface area contributed by atoms with E-state index < -0.39 is 28.7 Å². The van der Waals surface area contributed by atoms with Crippen LogP contribution in [0.1, 0.15) is 45.6 Å². The maximum absolute atomic E-state index is 13.3. The number of allylic oxidation sites excluding steroid dienone is 1. The summed E-state index contributed by atoms with van der Waals surface area (Å²) in [6.45, 7) is 7.12. The average molecular weight is 415 g/mol. The average Bonchev–Trinajstić information content (AvgIpc) is 2.60. The van der Waals surface area contributed by atoms with E-state index in [-0.39, 0.29) is 18.3 Å². The van der Waals surface area contributed by atoms with E-state index in [1.807, 2.05) is 6.92 Å². The zero-order valence-corrected chi connectivity index (χ0v) is 17.1. The predicted molar refractivity (Wildman–Crippen MR) is 104 cm³/mol. The second kappa shape index (κ2) is 9.03. The minimum Gasteiger partial charge on any atom is -0.487 e. The number of thioether (sulfide) groups is 1. The number of anilines is 1. The van der Waals surface area contributed by atoms with Crippen LogP contribution in [0.15, 0.2) is 34.9 Å². The molecule has 0 spiro atoms. The van der Waals surface area contributed by atoms with Crippen LogP contribution in [0.4, 0.5) is 18.9 Å². The van der Waals surface area contributed by atoms with Crippen LogP contribution in [0, 0.1) is 5.92 Å². The molecule has 0 fully saturated rings. The van der Waals surface area contributed by atoms with Gasteiger partial charge in [0.15, 0.2) is 0 Å². The number of para-hydroxylation sites is 1. The monoisotopic (exact) mass is 415 g/mol. The first-order chi connectivity index (χ1) is 13.0.